The summed E-state index contributed by atoms with van der Waals surface area (Å²) in [5.74, 6) is -1.00. The van der Waals surface area contributed by atoms with Gasteiger partial charge >= 0.3 is 0 Å². The molecule has 1 amide bonds. The van der Waals surface area contributed by atoms with Crippen molar-refractivity contribution in [3.05, 3.63) is 39.8 Å². The van der Waals surface area contributed by atoms with Gasteiger partial charge in [0.15, 0.2) is 5.96 Å². The second-order valence-electron chi connectivity index (χ2n) is 4.64. The summed E-state index contributed by atoms with van der Waals surface area (Å²) in [6.45, 7) is 3.25. The zero-order valence-electron chi connectivity index (χ0n) is 11.2. The molecule has 6 nitrogen and oxygen atoms in total. The van der Waals surface area contributed by atoms with E-state index in [-0.39, 0.29) is 21.3 Å². The number of aryl methyl sites for hydroxylation is 1. The third-order valence-electron chi connectivity index (χ3n) is 3.19. The van der Waals surface area contributed by atoms with Gasteiger partial charge in [0.1, 0.15) is 0 Å². The molecular formula is C13H15N3O3S. The van der Waals surface area contributed by atoms with Crippen LogP contribution < -0.4 is 11.5 Å². The van der Waals surface area contributed by atoms with Crippen LogP contribution in [0.25, 0.3) is 0 Å². The van der Waals surface area contributed by atoms with E-state index in [9.17, 15) is 13.2 Å². The predicted molar refractivity (Wildman–Crippen MR) is 76.0 cm³/mol. The van der Waals surface area contributed by atoms with Crippen LogP contribution in [-0.4, -0.2) is 20.3 Å². The molecule has 1 aromatic carbocycles. The molecule has 2 rings (SSSR count). The minimum Gasteiger partial charge on any atom is -0.370 e. The summed E-state index contributed by atoms with van der Waals surface area (Å²) in [7, 11) is -3.52. The topological polar surface area (TPSA) is 116 Å². The number of guanidine groups is 1. The van der Waals surface area contributed by atoms with Gasteiger partial charge in [-0.2, -0.15) is 4.99 Å². The SMILES string of the molecule is CC1=CCc2cc(C)c(C(=O)N=C(N)N)cc2S1(=O)=O. The lowest BCUT2D eigenvalue weighted by molar-refractivity contribution is 0.100. The largest absolute Gasteiger partial charge is 0.370 e. The van der Waals surface area contributed by atoms with Crippen molar-refractivity contribution >= 4 is 21.7 Å². The lowest BCUT2D eigenvalue weighted by Gasteiger charge is -2.17. The number of nitrogens with zero attached hydrogens (tertiary/aromatic N) is 1. The summed E-state index contributed by atoms with van der Waals surface area (Å²) >= 11 is 0. The molecule has 20 heavy (non-hydrogen) atoms. The van der Waals surface area contributed by atoms with Gasteiger partial charge in [-0.25, -0.2) is 8.42 Å². The van der Waals surface area contributed by atoms with Crippen molar-refractivity contribution < 1.29 is 13.2 Å². The molecule has 0 radical (unpaired) electrons. The van der Waals surface area contributed by atoms with Gasteiger partial charge < -0.3 is 11.5 Å². The van der Waals surface area contributed by atoms with E-state index in [0.29, 0.717) is 17.5 Å². The van der Waals surface area contributed by atoms with E-state index in [1.54, 1.807) is 19.1 Å². The summed E-state index contributed by atoms with van der Waals surface area (Å²) in [5.41, 5.74) is 11.9. The van der Waals surface area contributed by atoms with Gasteiger partial charge in [0.2, 0.25) is 9.84 Å². The van der Waals surface area contributed by atoms with Crippen molar-refractivity contribution in [3.63, 3.8) is 0 Å². The van der Waals surface area contributed by atoms with Crippen LogP contribution in [0.5, 0.6) is 0 Å². The van der Waals surface area contributed by atoms with Gasteiger partial charge in [-0.1, -0.05) is 12.1 Å². The van der Waals surface area contributed by atoms with Gasteiger partial charge in [-0.3, -0.25) is 4.79 Å². The Morgan fingerprint density at radius 3 is 2.50 bits per heavy atom. The predicted octanol–water partition coefficient (Wildman–Crippen LogP) is 0.642. The molecule has 1 heterocycles. The van der Waals surface area contributed by atoms with Crippen LogP contribution in [-0.2, 0) is 16.3 Å². The molecule has 1 aliphatic rings. The Bertz CT molecular complexity index is 757. The number of carbonyl (C=O) groups is 1. The second-order valence-corrected chi connectivity index (χ2v) is 6.73. The number of rotatable bonds is 1. The number of nitrogens with two attached hydrogens (primary N) is 2. The fourth-order valence-electron chi connectivity index (χ4n) is 2.10. The van der Waals surface area contributed by atoms with E-state index in [1.807, 2.05) is 0 Å². The van der Waals surface area contributed by atoms with Crippen LogP contribution in [0.4, 0.5) is 0 Å². The molecule has 0 aliphatic carbocycles. The molecule has 7 heteroatoms. The zero-order valence-corrected chi connectivity index (χ0v) is 12.0. The van der Waals surface area contributed by atoms with E-state index in [4.69, 9.17) is 11.5 Å². The van der Waals surface area contributed by atoms with Crippen molar-refractivity contribution in [2.24, 2.45) is 16.5 Å². The lowest BCUT2D eigenvalue weighted by atomic mass is 10.0. The van der Waals surface area contributed by atoms with Crippen LogP contribution >= 0.6 is 0 Å². The molecule has 106 valence electrons. The Kier molecular flexibility index (Phi) is 3.39. The number of sulfone groups is 1. The quantitative estimate of drug-likeness (QED) is 0.582. The van der Waals surface area contributed by atoms with E-state index in [1.165, 1.54) is 13.0 Å². The molecule has 1 aromatic rings. The maximum Gasteiger partial charge on any atom is 0.280 e. The lowest BCUT2D eigenvalue weighted by Crippen LogP contribution is -2.24. The summed E-state index contributed by atoms with van der Waals surface area (Å²) in [6.07, 6.45) is 2.19. The molecule has 0 atom stereocenters. The monoisotopic (exact) mass is 293 g/mol. The number of benzene rings is 1. The molecule has 0 fully saturated rings. The first kappa shape index (κ1) is 14.3. The van der Waals surface area contributed by atoms with Crippen LogP contribution in [0.3, 0.4) is 0 Å². The average molecular weight is 293 g/mol. The molecule has 0 aromatic heterocycles. The fourth-order valence-corrected chi connectivity index (χ4v) is 3.51. The highest BCUT2D eigenvalue weighted by molar-refractivity contribution is 7.95. The van der Waals surface area contributed by atoms with Crippen LogP contribution in [0.2, 0.25) is 0 Å². The third-order valence-corrected chi connectivity index (χ3v) is 5.16. The van der Waals surface area contributed by atoms with Crippen LogP contribution in [0.15, 0.2) is 33.0 Å². The van der Waals surface area contributed by atoms with Crippen LogP contribution in [0.1, 0.15) is 28.4 Å². The Morgan fingerprint density at radius 2 is 1.90 bits per heavy atom. The Labute approximate surface area is 117 Å². The number of carbonyl (C=O) groups excluding carboxylic acids is 1. The summed E-state index contributed by atoms with van der Waals surface area (Å²) in [4.78, 5) is 15.8. The highest BCUT2D eigenvalue weighted by atomic mass is 32.2. The number of aliphatic imine (C=N–C) groups is 1. The number of hydrogen-bond donors (Lipinski definition) is 2. The van der Waals surface area contributed by atoms with Crippen molar-refractivity contribution in [2.45, 2.75) is 25.2 Å². The second kappa shape index (κ2) is 4.75. The Morgan fingerprint density at radius 1 is 1.25 bits per heavy atom. The fraction of sp³-hybridized carbons (Fsp3) is 0.231. The van der Waals surface area contributed by atoms with Crippen molar-refractivity contribution in [3.8, 4) is 0 Å². The molecule has 4 N–H and O–H groups in total. The molecule has 0 bridgehead atoms. The molecular weight excluding hydrogens is 278 g/mol. The standard InChI is InChI=1S/C13H15N3O3S/c1-7-5-9-4-3-8(2)20(18,19)11(9)6-10(7)12(17)16-13(14)15/h3,5-6H,4H2,1-2H3,(H4,14,15,16,17). The first-order valence-electron chi connectivity index (χ1n) is 5.93. The minimum absolute atomic E-state index is 0.150. The van der Waals surface area contributed by atoms with E-state index < -0.39 is 15.7 Å². The van der Waals surface area contributed by atoms with E-state index in [0.717, 1.165) is 0 Å². The van der Waals surface area contributed by atoms with Gasteiger partial charge in [0, 0.05) is 10.5 Å². The normalized spacial score (nSPS) is 16.0. The first-order valence-corrected chi connectivity index (χ1v) is 7.41. The third kappa shape index (κ3) is 2.32. The maximum absolute atomic E-state index is 12.2. The number of fused-ring (bicyclic) bond motifs is 1. The van der Waals surface area contributed by atoms with Gasteiger partial charge in [0.25, 0.3) is 5.91 Å². The van der Waals surface area contributed by atoms with E-state index >= 15 is 0 Å². The molecule has 0 unspecified atom stereocenters. The smallest absolute Gasteiger partial charge is 0.280 e. The van der Waals surface area contributed by atoms with Gasteiger partial charge in [-0.15, -0.1) is 0 Å². The summed E-state index contributed by atoms with van der Waals surface area (Å²) in [5, 5.41) is 0. The van der Waals surface area contributed by atoms with Crippen LogP contribution in [0, 0.1) is 6.92 Å². The average Bonchev–Trinajstić information content (AvgIpc) is 2.32. The Balaban J connectivity index is 2.65. The summed E-state index contributed by atoms with van der Waals surface area (Å²) < 4.78 is 24.5. The van der Waals surface area contributed by atoms with Gasteiger partial charge in [-0.05, 0) is 37.5 Å². The number of allylic oxidation sites excluding steroid dienone is 2. The molecule has 1 aliphatic heterocycles. The number of hydrogen-bond acceptors (Lipinski definition) is 3. The molecule has 0 spiro atoms. The Hall–Kier alpha value is -2.15. The van der Waals surface area contributed by atoms with Crippen molar-refractivity contribution in [1.82, 2.24) is 0 Å². The number of amides is 1. The van der Waals surface area contributed by atoms with Gasteiger partial charge in [0.05, 0.1) is 4.90 Å². The first-order chi connectivity index (χ1) is 9.23. The molecule has 0 saturated carbocycles. The maximum atomic E-state index is 12.2. The minimum atomic E-state index is -3.52. The van der Waals surface area contributed by atoms with E-state index in [2.05, 4.69) is 4.99 Å². The van der Waals surface area contributed by atoms with Crippen molar-refractivity contribution in [2.75, 3.05) is 0 Å². The molecule has 0 saturated heterocycles. The highest BCUT2D eigenvalue weighted by Gasteiger charge is 2.26. The zero-order chi connectivity index (χ0) is 15.1. The van der Waals surface area contributed by atoms with Crippen molar-refractivity contribution in [1.29, 1.82) is 0 Å². The highest BCUT2D eigenvalue weighted by Crippen LogP contribution is 2.31. The summed E-state index contributed by atoms with van der Waals surface area (Å²) in [6, 6.07) is 3.04.